The van der Waals surface area contributed by atoms with Crippen molar-refractivity contribution >= 4 is 5.91 Å². The SMILES string of the molecule is CCCCCC1OC1C/C=C/CCCCCCCC(=O)NCCCCCCN. The number of hydrogen-bond donors (Lipinski definition) is 2. The number of carbonyl (C=O) groups excluding carboxylic acids is 1. The molecule has 2 unspecified atom stereocenters. The van der Waals surface area contributed by atoms with E-state index in [9.17, 15) is 4.79 Å². The second-order valence-electron chi connectivity index (χ2n) is 8.28. The van der Waals surface area contributed by atoms with Gasteiger partial charge in [-0.3, -0.25) is 4.79 Å². The van der Waals surface area contributed by atoms with E-state index in [0.717, 1.165) is 38.8 Å². The van der Waals surface area contributed by atoms with Crippen LogP contribution in [0.3, 0.4) is 0 Å². The van der Waals surface area contributed by atoms with Crippen molar-refractivity contribution in [2.24, 2.45) is 5.73 Å². The van der Waals surface area contributed by atoms with Crippen LogP contribution in [0.15, 0.2) is 12.2 Å². The predicted octanol–water partition coefficient (Wildman–Crippen LogP) is 5.65. The van der Waals surface area contributed by atoms with Gasteiger partial charge in [-0.2, -0.15) is 0 Å². The summed E-state index contributed by atoms with van der Waals surface area (Å²) in [5.41, 5.74) is 5.47. The number of rotatable bonds is 20. The second kappa shape index (κ2) is 18.2. The maximum absolute atomic E-state index is 11.7. The van der Waals surface area contributed by atoms with E-state index < -0.39 is 0 Å². The Bertz CT molecular complexity index is 398. The Morgan fingerprint density at radius 1 is 0.893 bits per heavy atom. The third kappa shape index (κ3) is 15.1. The van der Waals surface area contributed by atoms with Crippen molar-refractivity contribution in [2.45, 2.75) is 122 Å². The summed E-state index contributed by atoms with van der Waals surface area (Å²) in [7, 11) is 0. The normalized spacial score (nSPS) is 18.6. The minimum absolute atomic E-state index is 0.219. The van der Waals surface area contributed by atoms with E-state index in [-0.39, 0.29) is 5.91 Å². The zero-order valence-corrected chi connectivity index (χ0v) is 18.4. The number of hydrogen-bond acceptors (Lipinski definition) is 3. The van der Waals surface area contributed by atoms with Gasteiger partial charge in [0.25, 0.3) is 0 Å². The van der Waals surface area contributed by atoms with E-state index in [1.54, 1.807) is 0 Å². The van der Waals surface area contributed by atoms with Crippen molar-refractivity contribution < 1.29 is 9.53 Å². The van der Waals surface area contributed by atoms with Crippen LogP contribution in [-0.2, 0) is 9.53 Å². The molecule has 1 rings (SSSR count). The first-order valence-electron chi connectivity index (χ1n) is 12.0. The topological polar surface area (TPSA) is 67.7 Å². The molecule has 0 aromatic carbocycles. The number of allylic oxidation sites excluding steroid dienone is 1. The van der Waals surface area contributed by atoms with E-state index in [0.29, 0.717) is 18.6 Å². The van der Waals surface area contributed by atoms with E-state index in [4.69, 9.17) is 10.5 Å². The van der Waals surface area contributed by atoms with Crippen molar-refractivity contribution in [2.75, 3.05) is 13.1 Å². The van der Waals surface area contributed by atoms with E-state index in [1.807, 2.05) is 0 Å². The highest BCUT2D eigenvalue weighted by Gasteiger charge is 2.36. The van der Waals surface area contributed by atoms with Gasteiger partial charge in [-0.1, -0.05) is 70.4 Å². The largest absolute Gasteiger partial charge is 0.369 e. The number of amides is 1. The van der Waals surface area contributed by atoms with Crippen LogP contribution >= 0.6 is 0 Å². The van der Waals surface area contributed by atoms with Crippen LogP contribution < -0.4 is 11.1 Å². The Hall–Kier alpha value is -0.870. The van der Waals surface area contributed by atoms with E-state index >= 15 is 0 Å². The molecule has 164 valence electrons. The summed E-state index contributed by atoms with van der Waals surface area (Å²) in [6.07, 6.45) is 24.3. The van der Waals surface area contributed by atoms with Gasteiger partial charge < -0.3 is 15.8 Å². The fraction of sp³-hybridized carbons (Fsp3) is 0.875. The molecule has 0 spiro atoms. The average Bonchev–Trinajstić information content (AvgIpc) is 3.44. The van der Waals surface area contributed by atoms with Gasteiger partial charge in [0.15, 0.2) is 0 Å². The summed E-state index contributed by atoms with van der Waals surface area (Å²) in [6.45, 7) is 3.85. The van der Waals surface area contributed by atoms with Crippen LogP contribution in [0.2, 0.25) is 0 Å². The molecule has 1 heterocycles. The van der Waals surface area contributed by atoms with E-state index in [2.05, 4.69) is 24.4 Å². The minimum Gasteiger partial charge on any atom is -0.369 e. The van der Waals surface area contributed by atoms with Gasteiger partial charge in [0.1, 0.15) is 0 Å². The maximum Gasteiger partial charge on any atom is 0.219 e. The predicted molar refractivity (Wildman–Crippen MR) is 119 cm³/mol. The molecule has 1 saturated heterocycles. The smallest absolute Gasteiger partial charge is 0.219 e. The summed E-state index contributed by atoms with van der Waals surface area (Å²) >= 11 is 0. The van der Waals surface area contributed by atoms with Crippen molar-refractivity contribution in [3.8, 4) is 0 Å². The molecule has 1 aliphatic rings. The van der Waals surface area contributed by atoms with Crippen molar-refractivity contribution in [1.82, 2.24) is 5.32 Å². The first-order valence-corrected chi connectivity index (χ1v) is 12.0. The molecule has 4 heteroatoms. The molecular weight excluding hydrogens is 348 g/mol. The molecule has 28 heavy (non-hydrogen) atoms. The summed E-state index contributed by atoms with van der Waals surface area (Å²) in [5.74, 6) is 0.219. The quantitative estimate of drug-likeness (QED) is 0.159. The molecule has 0 aromatic rings. The molecule has 1 aliphatic heterocycles. The Morgan fingerprint density at radius 2 is 1.64 bits per heavy atom. The standard InChI is InChI=1S/C24H46N2O2/c1-2-3-12-17-22-23(28-22)18-13-8-6-4-5-7-9-14-19-24(27)26-21-16-11-10-15-20-25/h8,13,22-23H,2-7,9-12,14-21,25H2,1H3,(H,26,27)/b13-8+. The maximum atomic E-state index is 11.7. The van der Waals surface area contributed by atoms with Crippen LogP contribution in [0.25, 0.3) is 0 Å². The monoisotopic (exact) mass is 394 g/mol. The van der Waals surface area contributed by atoms with Gasteiger partial charge >= 0.3 is 0 Å². The van der Waals surface area contributed by atoms with Crippen LogP contribution in [0.5, 0.6) is 0 Å². The zero-order valence-electron chi connectivity index (χ0n) is 18.4. The molecule has 0 aliphatic carbocycles. The summed E-state index contributed by atoms with van der Waals surface area (Å²) in [5, 5.41) is 3.03. The molecule has 4 nitrogen and oxygen atoms in total. The molecule has 0 bridgehead atoms. The fourth-order valence-electron chi connectivity index (χ4n) is 3.60. The lowest BCUT2D eigenvalue weighted by Gasteiger charge is -2.05. The number of carbonyl (C=O) groups is 1. The lowest BCUT2D eigenvalue weighted by atomic mass is 10.1. The molecular formula is C24H46N2O2. The molecule has 3 N–H and O–H groups in total. The molecule has 2 atom stereocenters. The lowest BCUT2D eigenvalue weighted by Crippen LogP contribution is -2.23. The first kappa shape index (κ1) is 25.2. The van der Waals surface area contributed by atoms with Crippen LogP contribution in [0.1, 0.15) is 110 Å². The molecule has 0 saturated carbocycles. The first-order chi connectivity index (χ1) is 13.8. The summed E-state index contributed by atoms with van der Waals surface area (Å²) < 4.78 is 5.71. The van der Waals surface area contributed by atoms with Gasteiger partial charge in [-0.05, 0) is 51.5 Å². The highest BCUT2D eigenvalue weighted by atomic mass is 16.6. The highest BCUT2D eigenvalue weighted by Crippen LogP contribution is 2.30. The third-order valence-electron chi connectivity index (χ3n) is 5.54. The van der Waals surface area contributed by atoms with E-state index in [1.165, 1.54) is 70.6 Å². The highest BCUT2D eigenvalue weighted by molar-refractivity contribution is 5.75. The number of ether oxygens (including phenoxy) is 1. The Balaban J connectivity index is 1.77. The van der Waals surface area contributed by atoms with Crippen LogP contribution in [-0.4, -0.2) is 31.2 Å². The van der Waals surface area contributed by atoms with Gasteiger partial charge in [-0.25, -0.2) is 0 Å². The number of nitrogens with two attached hydrogens (primary N) is 1. The number of epoxide rings is 1. The molecule has 1 fully saturated rings. The zero-order chi connectivity index (χ0) is 20.3. The third-order valence-corrected chi connectivity index (χ3v) is 5.54. The van der Waals surface area contributed by atoms with Crippen molar-refractivity contribution in [3.05, 3.63) is 12.2 Å². The Morgan fingerprint density at radius 3 is 2.46 bits per heavy atom. The summed E-state index contributed by atoms with van der Waals surface area (Å²) in [6, 6.07) is 0. The Kier molecular flexibility index (Phi) is 16.3. The second-order valence-corrected chi connectivity index (χ2v) is 8.28. The number of unbranched alkanes of at least 4 members (excludes halogenated alkanes) is 10. The Labute approximate surface area is 174 Å². The minimum atomic E-state index is 0.219. The average molecular weight is 395 g/mol. The number of nitrogens with one attached hydrogen (secondary N) is 1. The van der Waals surface area contributed by atoms with Crippen molar-refractivity contribution in [1.29, 1.82) is 0 Å². The molecule has 0 radical (unpaired) electrons. The van der Waals surface area contributed by atoms with Crippen molar-refractivity contribution in [3.63, 3.8) is 0 Å². The van der Waals surface area contributed by atoms with Gasteiger partial charge in [-0.15, -0.1) is 0 Å². The molecule has 0 aromatic heterocycles. The van der Waals surface area contributed by atoms with Crippen LogP contribution in [0.4, 0.5) is 0 Å². The summed E-state index contributed by atoms with van der Waals surface area (Å²) in [4.78, 5) is 11.7. The lowest BCUT2D eigenvalue weighted by molar-refractivity contribution is -0.121. The van der Waals surface area contributed by atoms with Gasteiger partial charge in [0, 0.05) is 13.0 Å². The van der Waals surface area contributed by atoms with Gasteiger partial charge in [0.2, 0.25) is 5.91 Å². The van der Waals surface area contributed by atoms with Gasteiger partial charge in [0.05, 0.1) is 12.2 Å². The fourth-order valence-corrected chi connectivity index (χ4v) is 3.60. The van der Waals surface area contributed by atoms with Crippen LogP contribution in [0, 0.1) is 0 Å². The molecule has 1 amide bonds.